The number of hydrogen-bond acceptors (Lipinski definition) is 8. The van der Waals surface area contributed by atoms with Crippen molar-refractivity contribution >= 4 is 29.5 Å². The Morgan fingerprint density at radius 3 is 2.52 bits per heavy atom. The molecule has 0 unspecified atom stereocenters. The van der Waals surface area contributed by atoms with Crippen molar-refractivity contribution in [1.29, 1.82) is 0 Å². The molecular weight excluding hydrogens is 427 g/mol. The number of rotatable bonds is 5. The molecule has 0 bridgehead atoms. The van der Waals surface area contributed by atoms with Gasteiger partial charge < -0.3 is 14.6 Å². The lowest BCUT2D eigenvalue weighted by atomic mass is 9.85. The van der Waals surface area contributed by atoms with Gasteiger partial charge in [0.05, 0.1) is 18.3 Å². The van der Waals surface area contributed by atoms with Crippen LogP contribution in [-0.2, 0) is 11.3 Å². The van der Waals surface area contributed by atoms with Crippen LogP contribution in [0.1, 0.15) is 33.6 Å². The second-order valence-electron chi connectivity index (χ2n) is 8.01. The first-order valence-corrected chi connectivity index (χ1v) is 9.84. The predicted molar refractivity (Wildman–Crippen MR) is 111 cm³/mol. The van der Waals surface area contributed by atoms with Crippen LogP contribution in [0.5, 0.6) is 0 Å². The van der Waals surface area contributed by atoms with Crippen molar-refractivity contribution in [3.63, 3.8) is 0 Å². The Labute approximate surface area is 182 Å². The Morgan fingerprint density at radius 1 is 1.16 bits per heavy atom. The highest BCUT2D eigenvalue weighted by atomic mass is 35.5. The third-order valence-electron chi connectivity index (χ3n) is 5.46. The lowest BCUT2D eigenvalue weighted by Crippen LogP contribution is -2.51. The molecule has 1 aromatic carbocycles. The Morgan fingerprint density at radius 2 is 1.87 bits per heavy atom. The molecule has 0 saturated carbocycles. The second kappa shape index (κ2) is 7.45. The van der Waals surface area contributed by atoms with Gasteiger partial charge in [-0.3, -0.25) is 0 Å². The van der Waals surface area contributed by atoms with Gasteiger partial charge in [0, 0.05) is 10.6 Å². The molecule has 1 aliphatic rings. The number of carbonyl (C=O) groups is 1. The first-order valence-electron chi connectivity index (χ1n) is 9.46. The topological polar surface area (TPSA) is 106 Å². The summed E-state index contributed by atoms with van der Waals surface area (Å²) in [5.74, 6) is -0.142. The quantitative estimate of drug-likeness (QED) is 0.612. The average Bonchev–Trinajstić information content (AvgIpc) is 3.23. The summed E-state index contributed by atoms with van der Waals surface area (Å²) >= 11 is 5.89. The third-order valence-corrected chi connectivity index (χ3v) is 5.72. The lowest BCUT2D eigenvalue weighted by molar-refractivity contribution is 0.0458. The number of ether oxygens (including phenoxy) is 1. The molecule has 9 nitrogen and oxygen atoms in total. The fourth-order valence-corrected chi connectivity index (χ4v) is 3.16. The molecule has 1 saturated heterocycles. The summed E-state index contributed by atoms with van der Waals surface area (Å²) in [5, 5.41) is 7.44. The van der Waals surface area contributed by atoms with Gasteiger partial charge >= 0.3 is 6.09 Å². The Bertz CT molecular complexity index is 1130. The van der Waals surface area contributed by atoms with Crippen LogP contribution in [-0.4, -0.2) is 37.3 Å². The summed E-state index contributed by atoms with van der Waals surface area (Å²) in [4.78, 5) is 26.0. The van der Waals surface area contributed by atoms with Crippen LogP contribution in [0.2, 0.25) is 5.02 Å². The monoisotopic (exact) mass is 446 g/mol. The number of aromatic nitrogens is 4. The van der Waals surface area contributed by atoms with Crippen molar-refractivity contribution in [2.45, 2.75) is 45.4 Å². The van der Waals surface area contributed by atoms with E-state index in [-0.39, 0.29) is 24.2 Å². The van der Waals surface area contributed by atoms with Crippen molar-refractivity contribution in [2.24, 2.45) is 0 Å². The predicted octanol–water partition coefficient (Wildman–Crippen LogP) is 4.45. The van der Waals surface area contributed by atoms with Crippen molar-refractivity contribution in [1.82, 2.24) is 20.1 Å². The number of benzene rings is 1. The van der Waals surface area contributed by atoms with Gasteiger partial charge in [-0.1, -0.05) is 16.8 Å². The van der Waals surface area contributed by atoms with Crippen LogP contribution in [0, 0.1) is 5.82 Å². The first-order chi connectivity index (χ1) is 14.6. The molecule has 0 radical (unpaired) electrons. The number of carbonyl (C=O) groups excluding carboxylic acids is 1. The van der Waals surface area contributed by atoms with Gasteiger partial charge in [0.2, 0.25) is 17.7 Å². The zero-order valence-electron chi connectivity index (χ0n) is 17.3. The molecule has 162 valence electrons. The maximum atomic E-state index is 14.5. The van der Waals surface area contributed by atoms with E-state index in [0.29, 0.717) is 10.8 Å². The third kappa shape index (κ3) is 3.78. The highest BCUT2D eigenvalue weighted by molar-refractivity contribution is 6.30. The fourth-order valence-electron chi connectivity index (χ4n) is 3.04. The first kappa shape index (κ1) is 21.0. The second-order valence-corrected chi connectivity index (χ2v) is 8.45. The average molecular weight is 447 g/mol. The van der Waals surface area contributed by atoms with Crippen LogP contribution in [0.25, 0.3) is 11.4 Å². The zero-order chi connectivity index (χ0) is 22.4. The van der Waals surface area contributed by atoms with Crippen molar-refractivity contribution < 1.29 is 18.4 Å². The summed E-state index contributed by atoms with van der Waals surface area (Å²) in [6.45, 7) is 7.19. The Hall–Kier alpha value is -3.27. The Kier molecular flexibility index (Phi) is 5.04. The van der Waals surface area contributed by atoms with E-state index in [1.165, 1.54) is 4.90 Å². The van der Waals surface area contributed by atoms with E-state index in [4.69, 9.17) is 20.9 Å². The molecule has 11 heteroatoms. The standard InChI is InChI=1S/C20H20ClFN6O3/c1-19(2)20(3,4)30-18(29)28(19)16-13(22)9-23-17(26-16)24-10-14-25-15(27-31-14)11-5-7-12(21)8-6-11/h5-9H,10H2,1-4H3,(H,23,24,26). The summed E-state index contributed by atoms with van der Waals surface area (Å²) < 4.78 is 25.2. The molecule has 1 amide bonds. The lowest BCUT2D eigenvalue weighted by Gasteiger charge is -2.36. The highest BCUT2D eigenvalue weighted by Crippen LogP contribution is 2.41. The van der Waals surface area contributed by atoms with E-state index >= 15 is 0 Å². The van der Waals surface area contributed by atoms with E-state index in [0.717, 1.165) is 11.8 Å². The molecule has 0 atom stereocenters. The fraction of sp³-hybridized carbons (Fsp3) is 0.350. The summed E-state index contributed by atoms with van der Waals surface area (Å²) in [6, 6.07) is 7.01. The number of cyclic esters (lactones) is 1. The molecule has 0 spiro atoms. The van der Waals surface area contributed by atoms with Crippen molar-refractivity contribution in [3.05, 3.63) is 47.2 Å². The smallest absolute Gasteiger partial charge is 0.416 e. The van der Waals surface area contributed by atoms with Gasteiger partial charge in [0.25, 0.3) is 0 Å². The molecule has 1 fully saturated rings. The normalized spacial score (nSPS) is 17.0. The molecule has 1 N–H and O–H groups in total. The number of amides is 1. The highest BCUT2D eigenvalue weighted by Gasteiger charge is 2.56. The number of nitrogens with one attached hydrogen (secondary N) is 1. The van der Waals surface area contributed by atoms with E-state index in [9.17, 15) is 9.18 Å². The molecule has 1 aliphatic heterocycles. The van der Waals surface area contributed by atoms with Crippen LogP contribution in [0.3, 0.4) is 0 Å². The maximum Gasteiger partial charge on any atom is 0.416 e. The van der Waals surface area contributed by atoms with Gasteiger partial charge in [-0.2, -0.15) is 9.97 Å². The number of anilines is 2. The molecule has 31 heavy (non-hydrogen) atoms. The van der Waals surface area contributed by atoms with Crippen LogP contribution < -0.4 is 10.2 Å². The number of hydrogen-bond donors (Lipinski definition) is 1. The van der Waals surface area contributed by atoms with Gasteiger partial charge in [0.1, 0.15) is 5.60 Å². The zero-order valence-corrected chi connectivity index (χ0v) is 18.1. The van der Waals surface area contributed by atoms with E-state index in [2.05, 4.69) is 25.4 Å². The van der Waals surface area contributed by atoms with Crippen molar-refractivity contribution in [3.8, 4) is 11.4 Å². The van der Waals surface area contributed by atoms with E-state index in [1.807, 2.05) is 0 Å². The van der Waals surface area contributed by atoms with Gasteiger partial charge in [-0.25, -0.2) is 19.1 Å². The van der Waals surface area contributed by atoms with Gasteiger partial charge in [0.15, 0.2) is 11.6 Å². The van der Waals surface area contributed by atoms with E-state index in [1.54, 1.807) is 52.0 Å². The molecular formula is C20H20ClFN6O3. The van der Waals surface area contributed by atoms with Crippen molar-refractivity contribution in [2.75, 3.05) is 10.2 Å². The molecule has 2 aromatic heterocycles. The van der Waals surface area contributed by atoms with Crippen LogP contribution >= 0.6 is 11.6 Å². The number of halogens is 2. The van der Waals surface area contributed by atoms with Crippen LogP contribution in [0.15, 0.2) is 35.0 Å². The minimum Gasteiger partial charge on any atom is -0.441 e. The van der Waals surface area contributed by atoms with E-state index < -0.39 is 23.1 Å². The van der Waals surface area contributed by atoms with Gasteiger partial charge in [-0.05, 0) is 52.0 Å². The largest absolute Gasteiger partial charge is 0.441 e. The molecule has 3 aromatic rings. The minimum atomic E-state index is -0.837. The summed E-state index contributed by atoms with van der Waals surface area (Å²) in [7, 11) is 0. The molecule has 4 rings (SSSR count). The minimum absolute atomic E-state index is 0.0935. The maximum absolute atomic E-state index is 14.5. The molecule has 3 heterocycles. The summed E-state index contributed by atoms with van der Waals surface area (Å²) in [6.07, 6.45) is 0.315. The van der Waals surface area contributed by atoms with Crippen LogP contribution in [0.4, 0.5) is 21.0 Å². The molecule has 0 aliphatic carbocycles. The van der Waals surface area contributed by atoms with Gasteiger partial charge in [-0.15, -0.1) is 0 Å². The SMILES string of the molecule is CC1(C)OC(=O)N(c2nc(NCc3nc(-c4ccc(Cl)cc4)no3)ncc2F)C1(C)C. The summed E-state index contributed by atoms with van der Waals surface area (Å²) in [5.41, 5.74) is -0.926. The Balaban J connectivity index is 1.52. The number of nitrogens with zero attached hydrogens (tertiary/aromatic N) is 5.